The van der Waals surface area contributed by atoms with Crippen molar-refractivity contribution in [3.8, 4) is 0 Å². The second kappa shape index (κ2) is 3.52. The number of aryl methyl sites for hydroxylation is 2. The molecule has 2 rings (SSSR count). The largest absolute Gasteiger partial charge is 0.380 e. The Kier molecular flexibility index (Phi) is 2.46. The van der Waals surface area contributed by atoms with E-state index in [1.165, 1.54) is 4.68 Å². The molecule has 0 spiro atoms. The van der Waals surface area contributed by atoms with Crippen molar-refractivity contribution in [2.24, 2.45) is 7.05 Å². The van der Waals surface area contributed by atoms with E-state index in [9.17, 15) is 8.42 Å². The van der Waals surface area contributed by atoms with Crippen LogP contribution in [0.2, 0.25) is 0 Å². The van der Waals surface area contributed by atoms with Crippen LogP contribution < -0.4 is 5.32 Å². The topological polar surface area (TPSA) is 64.0 Å². The Hall–Kier alpha value is -1.04. The number of fused-ring (bicyclic) bond motifs is 1. The lowest BCUT2D eigenvalue weighted by atomic mass is 10.2. The summed E-state index contributed by atoms with van der Waals surface area (Å²) in [4.78, 5) is 0. The molecule has 2 heterocycles. The molecular formula is C9H15N3O2S. The summed E-state index contributed by atoms with van der Waals surface area (Å²) in [6.45, 7) is 2.54. The zero-order chi connectivity index (χ0) is 11.1. The first-order chi connectivity index (χ1) is 7.06. The second-order valence-electron chi connectivity index (χ2n) is 3.75. The van der Waals surface area contributed by atoms with Crippen LogP contribution in [-0.2, 0) is 23.3 Å². The average Bonchev–Trinajstić information content (AvgIpc) is 2.44. The molecule has 0 bridgehead atoms. The van der Waals surface area contributed by atoms with Crippen molar-refractivity contribution in [3.63, 3.8) is 0 Å². The van der Waals surface area contributed by atoms with E-state index in [0.29, 0.717) is 17.3 Å². The molecule has 0 atom stereocenters. The van der Waals surface area contributed by atoms with Gasteiger partial charge in [0, 0.05) is 13.6 Å². The second-order valence-corrected chi connectivity index (χ2v) is 5.77. The first-order valence-corrected chi connectivity index (χ1v) is 6.74. The lowest BCUT2D eigenvalue weighted by Crippen LogP contribution is -2.24. The van der Waals surface area contributed by atoms with Gasteiger partial charge in [-0.3, -0.25) is 4.68 Å². The lowest BCUT2D eigenvalue weighted by molar-refractivity contribution is 0.574. The summed E-state index contributed by atoms with van der Waals surface area (Å²) in [5.41, 5.74) is 1.57. The van der Waals surface area contributed by atoms with E-state index >= 15 is 0 Å². The van der Waals surface area contributed by atoms with Gasteiger partial charge in [-0.2, -0.15) is 5.10 Å². The highest BCUT2D eigenvalue weighted by Gasteiger charge is 2.30. The highest BCUT2D eigenvalue weighted by atomic mass is 32.2. The quantitative estimate of drug-likeness (QED) is 0.805. The molecule has 1 aliphatic rings. The first kappa shape index (κ1) is 10.5. The predicted octanol–water partition coefficient (Wildman–Crippen LogP) is 0.572. The van der Waals surface area contributed by atoms with E-state index in [1.54, 1.807) is 7.05 Å². The van der Waals surface area contributed by atoms with Crippen LogP contribution >= 0.6 is 0 Å². The molecule has 1 aromatic rings. The van der Waals surface area contributed by atoms with Gasteiger partial charge in [0.25, 0.3) is 0 Å². The molecule has 0 radical (unpaired) electrons. The average molecular weight is 229 g/mol. The third-order valence-electron chi connectivity index (χ3n) is 2.52. The molecule has 84 valence electrons. The number of nitrogens with one attached hydrogen (secondary N) is 1. The maximum atomic E-state index is 11.8. The summed E-state index contributed by atoms with van der Waals surface area (Å²) < 4.78 is 25.1. The molecule has 15 heavy (non-hydrogen) atoms. The summed E-state index contributed by atoms with van der Waals surface area (Å²) >= 11 is 0. The zero-order valence-corrected chi connectivity index (χ0v) is 9.76. The fraction of sp³-hybridized carbons (Fsp3) is 0.667. The summed E-state index contributed by atoms with van der Waals surface area (Å²) in [5, 5.41) is 7.73. The molecular weight excluding hydrogens is 214 g/mol. The van der Waals surface area contributed by atoms with Crippen molar-refractivity contribution >= 4 is 15.5 Å². The van der Waals surface area contributed by atoms with Gasteiger partial charge in [0.05, 0.1) is 17.1 Å². The number of hydrogen-bond acceptors (Lipinski definition) is 4. The Morgan fingerprint density at radius 2 is 2.27 bits per heavy atom. The normalized spacial score (nSPS) is 18.3. The van der Waals surface area contributed by atoms with Gasteiger partial charge in [-0.25, -0.2) is 8.42 Å². The molecule has 1 aliphatic heterocycles. The van der Waals surface area contributed by atoms with Crippen LogP contribution in [0.15, 0.2) is 5.03 Å². The standard InChI is InChI=1S/C9H15N3O2S/c1-3-4-7-8-9(12(2)11-7)15(13,14)6-5-10-8/h10H,3-6H2,1-2H3. The van der Waals surface area contributed by atoms with Gasteiger partial charge < -0.3 is 5.32 Å². The lowest BCUT2D eigenvalue weighted by Gasteiger charge is -2.15. The number of aromatic nitrogens is 2. The molecule has 0 aliphatic carbocycles. The smallest absolute Gasteiger partial charge is 0.199 e. The van der Waals surface area contributed by atoms with Gasteiger partial charge in [-0.15, -0.1) is 0 Å². The van der Waals surface area contributed by atoms with Crippen LogP contribution in [0.25, 0.3) is 0 Å². The predicted molar refractivity (Wildman–Crippen MR) is 57.7 cm³/mol. The molecule has 0 fully saturated rings. The number of anilines is 1. The molecule has 0 aromatic carbocycles. The Morgan fingerprint density at radius 1 is 1.53 bits per heavy atom. The minimum atomic E-state index is -3.13. The summed E-state index contributed by atoms with van der Waals surface area (Å²) in [7, 11) is -1.45. The van der Waals surface area contributed by atoms with Gasteiger partial charge in [-0.1, -0.05) is 13.3 Å². The summed E-state index contributed by atoms with van der Waals surface area (Å²) in [6.07, 6.45) is 1.77. The number of nitrogens with zero attached hydrogens (tertiary/aromatic N) is 2. The van der Waals surface area contributed by atoms with Crippen LogP contribution in [0.4, 0.5) is 5.69 Å². The third-order valence-corrected chi connectivity index (χ3v) is 4.32. The fourth-order valence-corrected chi connectivity index (χ4v) is 3.42. The SMILES string of the molecule is CCCc1nn(C)c2c1NCCS2(=O)=O. The van der Waals surface area contributed by atoms with Crippen molar-refractivity contribution in [1.29, 1.82) is 0 Å². The molecule has 1 aromatic heterocycles. The van der Waals surface area contributed by atoms with Crippen LogP contribution in [0.3, 0.4) is 0 Å². The van der Waals surface area contributed by atoms with Gasteiger partial charge in [0.15, 0.2) is 14.9 Å². The Balaban J connectivity index is 2.59. The van der Waals surface area contributed by atoms with Gasteiger partial charge in [-0.05, 0) is 6.42 Å². The molecule has 0 amide bonds. The van der Waals surface area contributed by atoms with Crippen molar-refractivity contribution in [2.45, 2.75) is 24.8 Å². The van der Waals surface area contributed by atoms with Crippen LogP contribution in [0, 0.1) is 0 Å². The molecule has 1 N–H and O–H groups in total. The van der Waals surface area contributed by atoms with Gasteiger partial charge in [0.2, 0.25) is 0 Å². The van der Waals surface area contributed by atoms with E-state index in [4.69, 9.17) is 0 Å². The maximum Gasteiger partial charge on any atom is 0.199 e. The minimum Gasteiger partial charge on any atom is -0.380 e. The van der Waals surface area contributed by atoms with Crippen LogP contribution in [0.1, 0.15) is 19.0 Å². The van der Waals surface area contributed by atoms with Crippen LogP contribution in [0.5, 0.6) is 0 Å². The van der Waals surface area contributed by atoms with Crippen molar-refractivity contribution in [3.05, 3.63) is 5.69 Å². The number of rotatable bonds is 2. The summed E-state index contributed by atoms with van der Waals surface area (Å²) in [5.74, 6) is 0.158. The van der Waals surface area contributed by atoms with Gasteiger partial charge >= 0.3 is 0 Å². The highest BCUT2D eigenvalue weighted by molar-refractivity contribution is 7.91. The fourth-order valence-electron chi connectivity index (χ4n) is 1.92. The van der Waals surface area contributed by atoms with E-state index in [-0.39, 0.29) is 5.75 Å². The molecule has 0 unspecified atom stereocenters. The van der Waals surface area contributed by atoms with Crippen LogP contribution in [-0.4, -0.2) is 30.5 Å². The molecule has 5 nitrogen and oxygen atoms in total. The zero-order valence-electron chi connectivity index (χ0n) is 8.95. The first-order valence-electron chi connectivity index (χ1n) is 5.08. The molecule has 0 saturated carbocycles. The van der Waals surface area contributed by atoms with Crippen molar-refractivity contribution in [1.82, 2.24) is 9.78 Å². The maximum absolute atomic E-state index is 11.8. The Bertz CT molecular complexity index is 476. The minimum absolute atomic E-state index is 0.158. The Morgan fingerprint density at radius 3 is 2.93 bits per heavy atom. The highest BCUT2D eigenvalue weighted by Crippen LogP contribution is 2.29. The van der Waals surface area contributed by atoms with Crippen molar-refractivity contribution < 1.29 is 8.42 Å². The number of sulfone groups is 1. The molecule has 0 saturated heterocycles. The Labute approximate surface area is 89.4 Å². The van der Waals surface area contributed by atoms with Crippen molar-refractivity contribution in [2.75, 3.05) is 17.6 Å². The van der Waals surface area contributed by atoms with E-state index in [0.717, 1.165) is 18.5 Å². The van der Waals surface area contributed by atoms with Gasteiger partial charge in [0.1, 0.15) is 0 Å². The summed E-state index contributed by atoms with van der Waals surface area (Å²) in [6, 6.07) is 0. The van der Waals surface area contributed by atoms with E-state index in [1.807, 2.05) is 0 Å². The molecule has 6 heteroatoms. The van der Waals surface area contributed by atoms with E-state index in [2.05, 4.69) is 17.3 Å². The van der Waals surface area contributed by atoms with E-state index < -0.39 is 9.84 Å². The number of hydrogen-bond donors (Lipinski definition) is 1. The third kappa shape index (κ3) is 1.62. The monoisotopic (exact) mass is 229 g/mol.